The van der Waals surface area contributed by atoms with Crippen molar-refractivity contribution in [3.8, 4) is 5.75 Å². The Bertz CT molecular complexity index is 267. The van der Waals surface area contributed by atoms with E-state index in [9.17, 15) is 4.39 Å². The Hall–Kier alpha value is -0.410. The predicted octanol–water partition coefficient (Wildman–Crippen LogP) is 3.21. The molecule has 0 heterocycles. The third-order valence-electron chi connectivity index (χ3n) is 1.41. The lowest BCUT2D eigenvalue weighted by atomic mass is 10.3. The highest BCUT2D eigenvalue weighted by atomic mass is 35.5. The molecule has 1 aromatic carbocycles. The first-order chi connectivity index (χ1) is 5.69. The molecule has 0 fully saturated rings. The minimum absolute atomic E-state index is 0.106. The normalized spacial score (nSPS) is 10.0. The van der Waals surface area contributed by atoms with Crippen molar-refractivity contribution in [3.63, 3.8) is 0 Å². The van der Waals surface area contributed by atoms with Gasteiger partial charge in [0.2, 0.25) is 0 Å². The van der Waals surface area contributed by atoms with Crippen LogP contribution in [0.15, 0.2) is 17.0 Å². The van der Waals surface area contributed by atoms with Gasteiger partial charge in [-0.3, -0.25) is 0 Å². The first kappa shape index (κ1) is 9.68. The number of methoxy groups -OCH3 is 1. The molecule has 0 aliphatic heterocycles. The van der Waals surface area contributed by atoms with Gasteiger partial charge in [0.05, 0.1) is 12.1 Å². The SMILES string of the molecule is COc1c(F)cc(SC)cc1Cl. The molecule has 0 aliphatic rings. The van der Waals surface area contributed by atoms with Crippen LogP contribution < -0.4 is 4.74 Å². The van der Waals surface area contributed by atoms with Gasteiger partial charge in [-0.1, -0.05) is 11.6 Å². The fourth-order valence-corrected chi connectivity index (χ4v) is 1.66. The number of hydrogen-bond acceptors (Lipinski definition) is 2. The van der Waals surface area contributed by atoms with Gasteiger partial charge in [-0.05, 0) is 18.4 Å². The summed E-state index contributed by atoms with van der Waals surface area (Å²) >= 11 is 7.17. The van der Waals surface area contributed by atoms with Gasteiger partial charge in [0.1, 0.15) is 0 Å². The Kier molecular flexibility index (Phi) is 3.23. The first-order valence-corrected chi connectivity index (χ1v) is 4.86. The monoisotopic (exact) mass is 206 g/mol. The molecule has 0 aromatic heterocycles. The van der Waals surface area contributed by atoms with Crippen molar-refractivity contribution < 1.29 is 9.13 Å². The number of thioether (sulfide) groups is 1. The Balaban J connectivity index is 3.18. The molecule has 4 heteroatoms. The van der Waals surface area contributed by atoms with Gasteiger partial charge in [-0.25, -0.2) is 4.39 Å². The average molecular weight is 207 g/mol. The largest absolute Gasteiger partial charge is 0.492 e. The van der Waals surface area contributed by atoms with Crippen molar-refractivity contribution in [2.45, 2.75) is 4.90 Å². The lowest BCUT2D eigenvalue weighted by Gasteiger charge is -2.05. The maximum absolute atomic E-state index is 13.1. The Morgan fingerprint density at radius 3 is 2.58 bits per heavy atom. The van der Waals surface area contributed by atoms with Crippen LogP contribution in [0.5, 0.6) is 5.75 Å². The van der Waals surface area contributed by atoms with Crippen molar-refractivity contribution >= 4 is 23.4 Å². The summed E-state index contributed by atoms with van der Waals surface area (Å²) in [5.41, 5.74) is 0. The van der Waals surface area contributed by atoms with Crippen molar-refractivity contribution in [1.29, 1.82) is 0 Å². The molecule has 66 valence electrons. The van der Waals surface area contributed by atoms with E-state index in [-0.39, 0.29) is 5.75 Å². The molecule has 0 aliphatic carbocycles. The minimum atomic E-state index is -0.422. The summed E-state index contributed by atoms with van der Waals surface area (Å²) in [6.45, 7) is 0. The van der Waals surface area contributed by atoms with E-state index in [2.05, 4.69) is 0 Å². The molecule has 0 bridgehead atoms. The van der Waals surface area contributed by atoms with Crippen LogP contribution in [0.4, 0.5) is 4.39 Å². The molecule has 0 unspecified atom stereocenters. The summed E-state index contributed by atoms with van der Waals surface area (Å²) in [4.78, 5) is 0.790. The van der Waals surface area contributed by atoms with Gasteiger partial charge in [-0.2, -0.15) is 0 Å². The second kappa shape index (κ2) is 4.01. The van der Waals surface area contributed by atoms with Crippen LogP contribution >= 0.6 is 23.4 Å². The van der Waals surface area contributed by atoms with E-state index in [1.807, 2.05) is 6.26 Å². The quantitative estimate of drug-likeness (QED) is 0.688. The zero-order chi connectivity index (χ0) is 9.14. The van der Waals surface area contributed by atoms with E-state index < -0.39 is 5.82 Å². The molecule has 1 nitrogen and oxygen atoms in total. The number of benzene rings is 1. The summed E-state index contributed by atoms with van der Waals surface area (Å²) in [5, 5.41) is 0.307. The topological polar surface area (TPSA) is 9.23 Å². The van der Waals surface area contributed by atoms with E-state index in [0.29, 0.717) is 5.02 Å². The highest BCUT2D eigenvalue weighted by molar-refractivity contribution is 7.98. The van der Waals surface area contributed by atoms with Gasteiger partial charge in [-0.15, -0.1) is 11.8 Å². The first-order valence-electron chi connectivity index (χ1n) is 3.26. The number of halogens is 2. The van der Waals surface area contributed by atoms with Crippen molar-refractivity contribution in [2.75, 3.05) is 13.4 Å². The molecule has 1 aromatic rings. The van der Waals surface area contributed by atoms with Crippen LogP contribution in [0.2, 0.25) is 5.02 Å². The second-order valence-corrected chi connectivity index (χ2v) is 3.41. The fraction of sp³-hybridized carbons (Fsp3) is 0.250. The Morgan fingerprint density at radius 1 is 1.50 bits per heavy atom. The van der Waals surface area contributed by atoms with Gasteiger partial charge < -0.3 is 4.74 Å². The third-order valence-corrected chi connectivity index (χ3v) is 2.40. The van der Waals surface area contributed by atoms with Crippen molar-refractivity contribution in [2.24, 2.45) is 0 Å². The average Bonchev–Trinajstić information content (AvgIpc) is 2.03. The van der Waals surface area contributed by atoms with Crippen molar-refractivity contribution in [1.82, 2.24) is 0 Å². The number of ether oxygens (including phenoxy) is 1. The molecular weight excluding hydrogens is 199 g/mol. The summed E-state index contributed by atoms with van der Waals surface area (Å²) in [5.74, 6) is -0.316. The lowest BCUT2D eigenvalue weighted by Crippen LogP contribution is -1.89. The third kappa shape index (κ3) is 1.84. The number of rotatable bonds is 2. The maximum atomic E-state index is 13.1. The second-order valence-electron chi connectivity index (χ2n) is 2.12. The molecule has 0 spiro atoms. The summed E-state index contributed by atoms with van der Waals surface area (Å²) in [6.07, 6.45) is 1.86. The lowest BCUT2D eigenvalue weighted by molar-refractivity contribution is 0.386. The maximum Gasteiger partial charge on any atom is 0.173 e. The Labute approximate surface area is 79.9 Å². The van der Waals surface area contributed by atoms with E-state index >= 15 is 0 Å². The molecule has 0 N–H and O–H groups in total. The van der Waals surface area contributed by atoms with Crippen LogP contribution in [0.1, 0.15) is 0 Å². The zero-order valence-electron chi connectivity index (χ0n) is 6.73. The molecule has 0 atom stereocenters. The minimum Gasteiger partial charge on any atom is -0.492 e. The van der Waals surface area contributed by atoms with Crippen LogP contribution in [0, 0.1) is 5.82 Å². The van der Waals surface area contributed by atoms with Crippen LogP contribution in [0.25, 0.3) is 0 Å². The molecular formula is C8H8ClFOS. The van der Waals surface area contributed by atoms with Gasteiger partial charge >= 0.3 is 0 Å². The summed E-state index contributed by atoms with van der Waals surface area (Å²) in [6, 6.07) is 3.07. The van der Waals surface area contributed by atoms with Crippen LogP contribution in [0.3, 0.4) is 0 Å². The van der Waals surface area contributed by atoms with Crippen molar-refractivity contribution in [3.05, 3.63) is 23.0 Å². The molecule has 0 amide bonds. The number of hydrogen-bond donors (Lipinski definition) is 0. The highest BCUT2D eigenvalue weighted by Gasteiger charge is 2.08. The van der Waals surface area contributed by atoms with Crippen LogP contribution in [-0.2, 0) is 0 Å². The van der Waals surface area contributed by atoms with E-state index in [1.165, 1.54) is 24.9 Å². The summed E-state index contributed by atoms with van der Waals surface area (Å²) in [7, 11) is 1.39. The molecule has 0 saturated heterocycles. The van der Waals surface area contributed by atoms with E-state index in [1.54, 1.807) is 6.07 Å². The molecule has 0 radical (unpaired) electrons. The van der Waals surface area contributed by atoms with Crippen LogP contribution in [-0.4, -0.2) is 13.4 Å². The van der Waals surface area contributed by atoms with Gasteiger partial charge in [0.25, 0.3) is 0 Å². The van der Waals surface area contributed by atoms with Gasteiger partial charge in [0, 0.05) is 4.90 Å². The van der Waals surface area contributed by atoms with E-state index in [4.69, 9.17) is 16.3 Å². The molecule has 1 rings (SSSR count). The standard InChI is InChI=1S/C8H8ClFOS/c1-11-8-6(9)3-5(12-2)4-7(8)10/h3-4H,1-2H3. The Morgan fingerprint density at radius 2 is 2.17 bits per heavy atom. The zero-order valence-corrected chi connectivity index (χ0v) is 8.30. The highest BCUT2D eigenvalue weighted by Crippen LogP contribution is 2.31. The molecule has 12 heavy (non-hydrogen) atoms. The van der Waals surface area contributed by atoms with Gasteiger partial charge in [0.15, 0.2) is 11.6 Å². The smallest absolute Gasteiger partial charge is 0.173 e. The fourth-order valence-electron chi connectivity index (χ4n) is 0.849. The molecule has 0 saturated carbocycles. The van der Waals surface area contributed by atoms with E-state index in [0.717, 1.165) is 4.90 Å². The summed E-state index contributed by atoms with van der Waals surface area (Å²) < 4.78 is 17.8. The predicted molar refractivity (Wildman–Crippen MR) is 49.7 cm³/mol.